The predicted molar refractivity (Wildman–Crippen MR) is 55.1 cm³/mol. The largest absolute Gasteiger partial charge is 0.460 e. The van der Waals surface area contributed by atoms with Crippen LogP contribution in [0.4, 0.5) is 0 Å². The summed E-state index contributed by atoms with van der Waals surface area (Å²) in [5.74, 6) is -0.543. The summed E-state index contributed by atoms with van der Waals surface area (Å²) in [4.78, 5) is 10.5. The maximum absolute atomic E-state index is 10.7. The first-order valence-electron chi connectivity index (χ1n) is 4.35. The summed E-state index contributed by atoms with van der Waals surface area (Å²) >= 11 is 0. The van der Waals surface area contributed by atoms with Crippen molar-refractivity contribution < 1.29 is 22.5 Å². The Labute approximate surface area is 92.8 Å². The number of carbonyl (C=O) groups is 1. The minimum atomic E-state index is -4.18. The smallest absolute Gasteiger partial charge is 0.320 e. The lowest BCUT2D eigenvalue weighted by atomic mass is 10.2. The fourth-order valence-corrected chi connectivity index (χ4v) is 1.46. The highest BCUT2D eigenvalue weighted by atomic mass is 32.2. The van der Waals surface area contributed by atoms with Crippen LogP contribution in [0.5, 0.6) is 0 Å². The Morgan fingerprint density at radius 3 is 2.31 bits per heavy atom. The number of carbonyl (C=O) groups excluding carboxylic acids is 1. The van der Waals surface area contributed by atoms with E-state index >= 15 is 0 Å². The molecule has 16 heavy (non-hydrogen) atoms. The molecule has 3 N–H and O–H groups in total. The Kier molecular flexibility index (Phi) is 3.99. The number of benzene rings is 1. The zero-order valence-corrected chi connectivity index (χ0v) is 9.11. The van der Waals surface area contributed by atoms with Crippen LogP contribution in [0, 0.1) is 0 Å². The van der Waals surface area contributed by atoms with E-state index < -0.39 is 16.1 Å². The number of nitrogens with two attached hydrogens (primary N) is 1. The van der Waals surface area contributed by atoms with Gasteiger partial charge in [-0.25, -0.2) is 0 Å². The van der Waals surface area contributed by atoms with Gasteiger partial charge in [-0.2, -0.15) is 8.42 Å². The molecule has 1 aromatic rings. The van der Waals surface area contributed by atoms with Gasteiger partial charge in [0, 0.05) is 0 Å². The van der Waals surface area contributed by atoms with Gasteiger partial charge >= 0.3 is 5.97 Å². The van der Waals surface area contributed by atoms with Crippen LogP contribution in [0.3, 0.4) is 0 Å². The van der Waals surface area contributed by atoms with E-state index in [0.717, 1.165) is 0 Å². The molecule has 0 bridgehead atoms. The van der Waals surface area contributed by atoms with Crippen LogP contribution < -0.4 is 5.73 Å². The van der Waals surface area contributed by atoms with Crippen molar-refractivity contribution in [1.82, 2.24) is 0 Å². The number of hydrogen-bond donors (Lipinski definition) is 2. The van der Waals surface area contributed by atoms with Crippen LogP contribution in [0.2, 0.25) is 0 Å². The Balaban J connectivity index is 2.69. The summed E-state index contributed by atoms with van der Waals surface area (Å²) in [6.07, 6.45) is 0. The predicted octanol–water partition coefficient (Wildman–Crippen LogP) is -0.0648. The summed E-state index contributed by atoms with van der Waals surface area (Å²) < 4.78 is 34.9. The summed E-state index contributed by atoms with van der Waals surface area (Å²) in [5, 5.41) is 0. The molecule has 0 saturated heterocycles. The molecule has 6 nitrogen and oxygen atoms in total. The quantitative estimate of drug-likeness (QED) is 0.568. The zero-order chi connectivity index (χ0) is 12.2. The maximum Gasteiger partial charge on any atom is 0.320 e. The van der Waals surface area contributed by atoms with Crippen LogP contribution in [-0.2, 0) is 26.3 Å². The van der Waals surface area contributed by atoms with Gasteiger partial charge in [-0.3, -0.25) is 9.35 Å². The Hall–Kier alpha value is -1.44. The van der Waals surface area contributed by atoms with Crippen molar-refractivity contribution in [2.75, 3.05) is 6.54 Å². The lowest BCUT2D eigenvalue weighted by Crippen LogP contribution is -2.16. The van der Waals surface area contributed by atoms with Gasteiger partial charge in [-0.15, -0.1) is 0 Å². The highest BCUT2D eigenvalue weighted by molar-refractivity contribution is 7.85. The molecule has 1 rings (SSSR count). The number of esters is 1. The van der Waals surface area contributed by atoms with Gasteiger partial charge in [0.25, 0.3) is 10.1 Å². The lowest BCUT2D eigenvalue weighted by molar-refractivity contribution is -0.143. The molecule has 0 spiro atoms. The fraction of sp³-hybridized carbons (Fsp3) is 0.222. The van der Waals surface area contributed by atoms with Crippen molar-refractivity contribution in [1.29, 1.82) is 0 Å². The molecule has 7 heteroatoms. The second-order valence-electron chi connectivity index (χ2n) is 2.98. The molecular weight excluding hydrogens is 234 g/mol. The third-order valence-electron chi connectivity index (χ3n) is 1.79. The first-order valence-corrected chi connectivity index (χ1v) is 5.79. The van der Waals surface area contributed by atoms with Crippen molar-refractivity contribution in [3.63, 3.8) is 0 Å². The van der Waals surface area contributed by atoms with Crippen molar-refractivity contribution in [3.05, 3.63) is 29.8 Å². The van der Waals surface area contributed by atoms with Gasteiger partial charge in [0.1, 0.15) is 6.61 Å². The number of rotatable bonds is 4. The molecule has 0 unspecified atom stereocenters. The van der Waals surface area contributed by atoms with Gasteiger partial charge in [-0.05, 0) is 17.7 Å². The van der Waals surface area contributed by atoms with Crippen molar-refractivity contribution in [3.8, 4) is 0 Å². The molecule has 0 aliphatic heterocycles. The van der Waals surface area contributed by atoms with E-state index in [9.17, 15) is 13.2 Å². The second kappa shape index (κ2) is 5.06. The molecule has 0 aliphatic carbocycles. The van der Waals surface area contributed by atoms with Gasteiger partial charge < -0.3 is 10.5 Å². The summed E-state index contributed by atoms with van der Waals surface area (Å²) in [6, 6.07) is 5.32. The van der Waals surface area contributed by atoms with Crippen LogP contribution >= 0.6 is 0 Å². The second-order valence-corrected chi connectivity index (χ2v) is 4.41. The van der Waals surface area contributed by atoms with Crippen LogP contribution in [-0.4, -0.2) is 25.5 Å². The van der Waals surface area contributed by atoms with E-state index in [1.165, 1.54) is 24.3 Å². The van der Waals surface area contributed by atoms with E-state index in [2.05, 4.69) is 0 Å². The SMILES string of the molecule is NCC(=O)OCc1ccc(S(=O)(=O)O)cc1. The van der Waals surface area contributed by atoms with E-state index in [0.29, 0.717) is 5.56 Å². The van der Waals surface area contributed by atoms with E-state index in [1.54, 1.807) is 0 Å². The fourth-order valence-electron chi connectivity index (χ4n) is 0.980. The van der Waals surface area contributed by atoms with E-state index in [1.807, 2.05) is 0 Å². The highest BCUT2D eigenvalue weighted by Gasteiger charge is 2.08. The lowest BCUT2D eigenvalue weighted by Gasteiger charge is -2.03. The molecule has 1 aromatic carbocycles. The molecular formula is C9H11NO5S. The molecule has 0 saturated carbocycles. The molecule has 0 fully saturated rings. The molecule has 0 heterocycles. The average Bonchev–Trinajstić information content (AvgIpc) is 2.25. The zero-order valence-electron chi connectivity index (χ0n) is 8.29. The minimum absolute atomic E-state index is 0.0157. The topological polar surface area (TPSA) is 107 Å². The first-order chi connectivity index (χ1) is 7.43. The van der Waals surface area contributed by atoms with Gasteiger partial charge in [0.2, 0.25) is 0 Å². The third-order valence-corrected chi connectivity index (χ3v) is 2.66. The molecule has 0 radical (unpaired) electrons. The Morgan fingerprint density at radius 2 is 1.88 bits per heavy atom. The number of ether oxygens (including phenoxy) is 1. The van der Waals surface area contributed by atoms with E-state index in [-0.39, 0.29) is 18.0 Å². The highest BCUT2D eigenvalue weighted by Crippen LogP contribution is 2.10. The van der Waals surface area contributed by atoms with Crippen LogP contribution in [0.15, 0.2) is 29.2 Å². The molecule has 88 valence electrons. The van der Waals surface area contributed by atoms with Crippen LogP contribution in [0.1, 0.15) is 5.56 Å². The summed E-state index contributed by atoms with van der Waals surface area (Å²) in [7, 11) is -4.18. The van der Waals surface area contributed by atoms with Crippen molar-refractivity contribution in [2.24, 2.45) is 5.73 Å². The van der Waals surface area contributed by atoms with Crippen molar-refractivity contribution in [2.45, 2.75) is 11.5 Å². The van der Waals surface area contributed by atoms with Gasteiger partial charge in [0.05, 0.1) is 11.4 Å². The van der Waals surface area contributed by atoms with E-state index in [4.69, 9.17) is 15.0 Å². The van der Waals surface area contributed by atoms with Gasteiger partial charge in [-0.1, -0.05) is 12.1 Å². The monoisotopic (exact) mass is 245 g/mol. The molecule has 0 aliphatic rings. The Morgan fingerprint density at radius 1 is 1.31 bits per heavy atom. The molecule has 0 atom stereocenters. The third kappa shape index (κ3) is 3.61. The summed E-state index contributed by atoms with van der Waals surface area (Å²) in [6.45, 7) is -0.190. The average molecular weight is 245 g/mol. The van der Waals surface area contributed by atoms with Gasteiger partial charge in [0.15, 0.2) is 0 Å². The number of hydrogen-bond acceptors (Lipinski definition) is 5. The van der Waals surface area contributed by atoms with Crippen LogP contribution in [0.25, 0.3) is 0 Å². The normalized spacial score (nSPS) is 11.1. The minimum Gasteiger partial charge on any atom is -0.460 e. The maximum atomic E-state index is 10.7. The molecule has 0 aromatic heterocycles. The standard InChI is InChI=1S/C9H11NO5S/c10-5-9(11)15-6-7-1-3-8(4-2-7)16(12,13)14/h1-4H,5-6,10H2,(H,12,13,14). The molecule has 0 amide bonds. The Bertz CT molecular complexity index is 465. The first kappa shape index (κ1) is 12.6. The summed E-state index contributed by atoms with van der Waals surface area (Å²) in [5.41, 5.74) is 5.64. The van der Waals surface area contributed by atoms with Crippen molar-refractivity contribution >= 4 is 16.1 Å².